The average molecular weight is 711 g/mol. The molecule has 256 valence electrons. The van der Waals surface area contributed by atoms with Gasteiger partial charge in [-0.2, -0.15) is 13.2 Å². The Bertz CT molecular complexity index is 1930. The molecule has 48 heavy (non-hydrogen) atoms. The highest BCUT2D eigenvalue weighted by molar-refractivity contribution is 7.89. The summed E-state index contributed by atoms with van der Waals surface area (Å²) in [6.07, 6.45) is -2.49. The molecule has 3 N–H and O–H groups in total. The lowest BCUT2D eigenvalue weighted by atomic mass is 9.86. The van der Waals surface area contributed by atoms with Crippen molar-refractivity contribution in [3.05, 3.63) is 77.4 Å². The topological polar surface area (TPSA) is 126 Å². The average Bonchev–Trinajstić information content (AvgIpc) is 3.39. The molecule has 3 aromatic carbocycles. The number of sulfonamides is 1. The van der Waals surface area contributed by atoms with Crippen LogP contribution in [0.15, 0.2) is 54.6 Å². The summed E-state index contributed by atoms with van der Waals surface area (Å²) >= 11 is 1.09. The van der Waals surface area contributed by atoms with E-state index in [2.05, 4.69) is 20.3 Å². The fourth-order valence-corrected chi connectivity index (χ4v) is 7.63. The van der Waals surface area contributed by atoms with E-state index in [9.17, 15) is 40.0 Å². The molecular formula is C32H31F5N4O5S2. The number of halogens is 5. The third-order valence-corrected chi connectivity index (χ3v) is 10.2. The molecule has 0 radical (unpaired) electrons. The van der Waals surface area contributed by atoms with E-state index < -0.39 is 45.7 Å². The Kier molecular flexibility index (Phi) is 10.7. The van der Waals surface area contributed by atoms with Crippen molar-refractivity contribution in [3.8, 4) is 11.5 Å². The zero-order valence-corrected chi connectivity index (χ0v) is 27.1. The second kappa shape index (κ2) is 14.5. The number of aromatic nitrogens is 1. The minimum absolute atomic E-state index is 0.0327. The number of carbonyl (C=O) groups excluding carboxylic acids is 2. The smallest absolute Gasteiger partial charge is 0.416 e. The van der Waals surface area contributed by atoms with E-state index in [1.165, 1.54) is 24.3 Å². The molecule has 0 atom stereocenters. The minimum atomic E-state index is -4.58. The van der Waals surface area contributed by atoms with Gasteiger partial charge in [0.25, 0.3) is 0 Å². The highest BCUT2D eigenvalue weighted by atomic mass is 32.2. The van der Waals surface area contributed by atoms with Crippen molar-refractivity contribution < 1.29 is 44.7 Å². The minimum Gasteiger partial charge on any atom is -0.454 e. The van der Waals surface area contributed by atoms with Crippen LogP contribution in [0.4, 0.5) is 32.8 Å². The molecule has 1 aliphatic carbocycles. The molecule has 0 aliphatic heterocycles. The summed E-state index contributed by atoms with van der Waals surface area (Å²) in [5, 5.41) is 5.31. The lowest BCUT2D eigenvalue weighted by Crippen LogP contribution is -2.40. The maximum atomic E-state index is 15.0. The van der Waals surface area contributed by atoms with Gasteiger partial charge in [-0.25, -0.2) is 26.9 Å². The number of hydrogen-bond acceptors (Lipinski definition) is 7. The van der Waals surface area contributed by atoms with Crippen LogP contribution >= 0.6 is 11.3 Å². The van der Waals surface area contributed by atoms with Crippen LogP contribution in [0.2, 0.25) is 0 Å². The number of alkyl halides is 3. The second-order valence-corrected chi connectivity index (χ2v) is 14.3. The van der Waals surface area contributed by atoms with Gasteiger partial charge >= 0.3 is 6.18 Å². The Morgan fingerprint density at radius 1 is 0.979 bits per heavy atom. The molecule has 1 heterocycles. The van der Waals surface area contributed by atoms with Gasteiger partial charge in [-0.05, 0) is 55.9 Å². The standard InChI is InChI=1S/C32H31F5N4O5S2/c1-2-12-48(44,45)41-21-8-6-19(7-9-21)30(43)40-31-39-26-16-24(34)27(17-28(26)47-31)46-22-10-11-23(33)25(15-22)38-29(42)14-18-4-3-5-20(13-18)32(35,36)37/h3-5,10-11,13,15-17,19,21,41H,2,6-9,12,14H2,1H3,(H,38,42)(H,39,40,43). The fraction of sp³-hybridized carbons (Fsp3) is 0.344. The molecule has 0 spiro atoms. The van der Waals surface area contributed by atoms with E-state index in [0.29, 0.717) is 36.8 Å². The zero-order valence-electron chi connectivity index (χ0n) is 25.5. The number of nitrogens with one attached hydrogen (secondary N) is 3. The van der Waals surface area contributed by atoms with Crippen molar-refractivity contribution >= 4 is 54.2 Å². The largest absolute Gasteiger partial charge is 0.454 e. The predicted molar refractivity (Wildman–Crippen MR) is 171 cm³/mol. The van der Waals surface area contributed by atoms with Gasteiger partial charge in [-0.15, -0.1) is 0 Å². The number of carbonyl (C=O) groups is 2. The van der Waals surface area contributed by atoms with Crippen molar-refractivity contribution in [2.45, 2.75) is 57.7 Å². The maximum absolute atomic E-state index is 15.0. The first kappa shape index (κ1) is 35.2. The number of thiazole rings is 1. The molecule has 1 fully saturated rings. The number of anilines is 2. The summed E-state index contributed by atoms with van der Waals surface area (Å²) in [6, 6.07) is 9.79. The number of ether oxygens (including phenoxy) is 1. The summed E-state index contributed by atoms with van der Waals surface area (Å²) in [4.78, 5) is 29.7. The first-order valence-electron chi connectivity index (χ1n) is 15.0. The molecule has 16 heteroatoms. The Balaban J connectivity index is 1.21. The van der Waals surface area contributed by atoms with Crippen molar-refractivity contribution in [1.29, 1.82) is 0 Å². The van der Waals surface area contributed by atoms with E-state index >= 15 is 0 Å². The van der Waals surface area contributed by atoms with Crippen LogP contribution in [0.5, 0.6) is 11.5 Å². The number of rotatable bonds is 11. The normalized spacial score (nSPS) is 16.9. The molecule has 9 nitrogen and oxygen atoms in total. The highest BCUT2D eigenvalue weighted by Gasteiger charge is 2.31. The lowest BCUT2D eigenvalue weighted by Gasteiger charge is -2.27. The number of amides is 2. The van der Waals surface area contributed by atoms with Gasteiger partial charge in [0.05, 0.1) is 33.6 Å². The van der Waals surface area contributed by atoms with Gasteiger partial charge in [-0.1, -0.05) is 36.5 Å². The number of benzene rings is 3. The molecule has 0 saturated heterocycles. The number of fused-ring (bicyclic) bond motifs is 1. The second-order valence-electron chi connectivity index (χ2n) is 11.4. The Labute approximate surface area is 277 Å². The van der Waals surface area contributed by atoms with Crippen molar-refractivity contribution in [2.75, 3.05) is 16.4 Å². The molecule has 5 rings (SSSR count). The van der Waals surface area contributed by atoms with Crippen LogP contribution < -0.4 is 20.1 Å². The molecule has 2 amide bonds. The molecule has 0 bridgehead atoms. The number of nitrogens with zero attached hydrogens (tertiary/aromatic N) is 1. The molecule has 4 aromatic rings. The van der Waals surface area contributed by atoms with Crippen LogP contribution in [-0.2, 0) is 32.2 Å². The lowest BCUT2D eigenvalue weighted by molar-refractivity contribution is -0.137. The van der Waals surface area contributed by atoms with E-state index in [1.807, 2.05) is 0 Å². The quantitative estimate of drug-likeness (QED) is 0.139. The monoisotopic (exact) mass is 710 g/mol. The van der Waals surface area contributed by atoms with Gasteiger partial charge in [0, 0.05) is 30.2 Å². The van der Waals surface area contributed by atoms with Crippen LogP contribution in [-0.4, -0.2) is 37.0 Å². The predicted octanol–water partition coefficient (Wildman–Crippen LogP) is 7.39. The Morgan fingerprint density at radius 3 is 2.44 bits per heavy atom. The summed E-state index contributed by atoms with van der Waals surface area (Å²) in [7, 11) is -3.35. The summed E-state index contributed by atoms with van der Waals surface area (Å²) in [6.45, 7) is 1.79. The Hall–Kier alpha value is -4.15. The molecule has 1 saturated carbocycles. The van der Waals surface area contributed by atoms with Crippen molar-refractivity contribution in [1.82, 2.24) is 9.71 Å². The van der Waals surface area contributed by atoms with E-state index in [-0.39, 0.29) is 57.0 Å². The van der Waals surface area contributed by atoms with Gasteiger partial charge < -0.3 is 15.4 Å². The van der Waals surface area contributed by atoms with Gasteiger partial charge in [-0.3, -0.25) is 9.59 Å². The van der Waals surface area contributed by atoms with Crippen molar-refractivity contribution in [2.24, 2.45) is 5.92 Å². The fourth-order valence-electron chi connectivity index (χ4n) is 5.35. The SMILES string of the molecule is CCCS(=O)(=O)NC1CCC(C(=O)Nc2nc3cc(F)c(Oc4ccc(F)c(NC(=O)Cc5cccc(C(F)(F)F)c5)c4)cc3s2)CC1. The third-order valence-electron chi connectivity index (χ3n) is 7.65. The van der Waals surface area contributed by atoms with E-state index in [4.69, 9.17) is 4.74 Å². The first-order valence-corrected chi connectivity index (χ1v) is 17.5. The molecule has 0 unspecified atom stereocenters. The van der Waals surface area contributed by atoms with E-state index in [0.717, 1.165) is 41.7 Å². The van der Waals surface area contributed by atoms with Crippen LogP contribution in [0.25, 0.3) is 10.2 Å². The number of hydrogen-bond donors (Lipinski definition) is 3. The van der Waals surface area contributed by atoms with Crippen LogP contribution in [0.3, 0.4) is 0 Å². The zero-order chi connectivity index (χ0) is 34.6. The van der Waals surface area contributed by atoms with Gasteiger partial charge in [0.2, 0.25) is 21.8 Å². The van der Waals surface area contributed by atoms with Crippen LogP contribution in [0.1, 0.15) is 50.2 Å². The third kappa shape index (κ3) is 9.05. The van der Waals surface area contributed by atoms with Gasteiger partial charge in [0.15, 0.2) is 16.7 Å². The van der Waals surface area contributed by atoms with Crippen LogP contribution in [0, 0.1) is 17.6 Å². The summed E-state index contributed by atoms with van der Waals surface area (Å²) in [5.74, 6) is -3.24. The summed E-state index contributed by atoms with van der Waals surface area (Å²) < 4.78 is 101. The Morgan fingerprint density at radius 2 is 1.73 bits per heavy atom. The maximum Gasteiger partial charge on any atom is 0.416 e. The molecule has 1 aliphatic rings. The molecular weight excluding hydrogens is 679 g/mol. The van der Waals surface area contributed by atoms with Gasteiger partial charge in [0.1, 0.15) is 11.6 Å². The van der Waals surface area contributed by atoms with Crippen molar-refractivity contribution in [3.63, 3.8) is 0 Å². The highest BCUT2D eigenvalue weighted by Crippen LogP contribution is 2.36. The molecule has 1 aromatic heterocycles. The first-order chi connectivity index (χ1) is 22.7. The summed E-state index contributed by atoms with van der Waals surface area (Å²) in [5.41, 5.74) is -0.902. The van der Waals surface area contributed by atoms with E-state index in [1.54, 1.807) is 6.92 Å².